The first-order valence-corrected chi connectivity index (χ1v) is 13.8. The maximum absolute atomic E-state index is 15.4. The van der Waals surface area contributed by atoms with Crippen molar-refractivity contribution < 1.29 is 13.9 Å². The van der Waals surface area contributed by atoms with Gasteiger partial charge >= 0.3 is 0 Å². The van der Waals surface area contributed by atoms with E-state index in [1.54, 1.807) is 36.0 Å². The third kappa shape index (κ3) is 5.52. The number of fused-ring (bicyclic) bond motifs is 1. The first-order valence-electron chi connectivity index (χ1n) is 13.0. The van der Waals surface area contributed by atoms with Crippen LogP contribution in [0.25, 0.3) is 21.3 Å². The van der Waals surface area contributed by atoms with Crippen molar-refractivity contribution in [1.82, 2.24) is 15.0 Å². The molecule has 7 nitrogen and oxygen atoms in total. The van der Waals surface area contributed by atoms with Crippen molar-refractivity contribution in [3.63, 3.8) is 0 Å². The van der Waals surface area contributed by atoms with Gasteiger partial charge < -0.3 is 19.7 Å². The minimum Gasteiger partial charge on any atom is -0.456 e. The maximum Gasteiger partial charge on any atom is 0.183 e. The number of nitrogens with one attached hydrogen (secondary N) is 1. The lowest BCUT2D eigenvalue weighted by atomic mass is 9.89. The predicted octanol–water partition coefficient (Wildman–Crippen LogP) is 6.51. The molecule has 1 aliphatic carbocycles. The summed E-state index contributed by atoms with van der Waals surface area (Å²) >= 11 is 1.64. The Balaban J connectivity index is 1.17. The normalized spacial score (nSPS) is 16.7. The minimum absolute atomic E-state index is 0.343. The molecule has 4 aromatic rings. The summed E-state index contributed by atoms with van der Waals surface area (Å²) in [5.41, 5.74) is 2.03. The van der Waals surface area contributed by atoms with Crippen LogP contribution in [0.1, 0.15) is 32.1 Å². The van der Waals surface area contributed by atoms with Gasteiger partial charge in [0.25, 0.3) is 0 Å². The van der Waals surface area contributed by atoms with Crippen LogP contribution in [0.15, 0.2) is 48.9 Å². The third-order valence-corrected chi connectivity index (χ3v) is 8.04. The highest BCUT2D eigenvalue weighted by molar-refractivity contribution is 7.22. The number of halogens is 1. The zero-order valence-electron chi connectivity index (χ0n) is 20.7. The van der Waals surface area contributed by atoms with E-state index in [4.69, 9.17) is 14.5 Å². The summed E-state index contributed by atoms with van der Waals surface area (Å²) in [5.74, 6) is 1.97. The molecule has 1 aromatic carbocycles. The topological polar surface area (TPSA) is 72.4 Å². The lowest BCUT2D eigenvalue weighted by molar-refractivity contribution is 0.122. The quantitative estimate of drug-likeness (QED) is 0.298. The van der Waals surface area contributed by atoms with Crippen molar-refractivity contribution in [3.8, 4) is 22.6 Å². The number of pyridine rings is 2. The predicted molar refractivity (Wildman–Crippen MR) is 145 cm³/mol. The molecular formula is C28H30FN5O2S. The van der Waals surface area contributed by atoms with Crippen molar-refractivity contribution in [1.29, 1.82) is 0 Å². The van der Waals surface area contributed by atoms with Crippen molar-refractivity contribution in [3.05, 3.63) is 54.7 Å². The summed E-state index contributed by atoms with van der Waals surface area (Å²) in [6.45, 7) is 3.36. The Morgan fingerprint density at radius 3 is 2.78 bits per heavy atom. The number of anilines is 2. The number of rotatable bonds is 7. The first-order chi connectivity index (χ1) is 18.2. The summed E-state index contributed by atoms with van der Waals surface area (Å²) in [6, 6.07) is 9.35. The molecule has 1 aliphatic heterocycles. The Labute approximate surface area is 219 Å². The van der Waals surface area contributed by atoms with Crippen LogP contribution < -0.4 is 15.0 Å². The maximum atomic E-state index is 15.4. The van der Waals surface area contributed by atoms with Crippen LogP contribution in [0.4, 0.5) is 15.3 Å². The molecule has 9 heteroatoms. The third-order valence-electron chi connectivity index (χ3n) is 7.07. The van der Waals surface area contributed by atoms with Gasteiger partial charge in [0, 0.05) is 49.2 Å². The fraction of sp³-hybridized carbons (Fsp3) is 0.393. The SMILES string of the molecule is Fc1c(-c2cncc(Oc3ccc4nc(NCC5CCCCC5)sc4c3)c2)ccnc1N1CCOCC1. The molecule has 1 saturated carbocycles. The largest absolute Gasteiger partial charge is 0.456 e. The van der Waals surface area contributed by atoms with Gasteiger partial charge in [0.15, 0.2) is 16.8 Å². The molecule has 37 heavy (non-hydrogen) atoms. The fourth-order valence-electron chi connectivity index (χ4n) is 5.08. The van der Waals surface area contributed by atoms with Gasteiger partial charge in [-0.05, 0) is 43.0 Å². The average molecular weight is 520 g/mol. The van der Waals surface area contributed by atoms with E-state index < -0.39 is 0 Å². The van der Waals surface area contributed by atoms with E-state index in [1.165, 1.54) is 32.1 Å². The Bertz CT molecular complexity index is 1370. The molecule has 4 heterocycles. The Morgan fingerprint density at radius 1 is 1.05 bits per heavy atom. The summed E-state index contributed by atoms with van der Waals surface area (Å²) in [4.78, 5) is 15.2. The first kappa shape index (κ1) is 24.1. The zero-order valence-corrected chi connectivity index (χ0v) is 21.5. The molecule has 6 rings (SSSR count). The van der Waals surface area contributed by atoms with Crippen LogP contribution in [-0.2, 0) is 4.74 Å². The van der Waals surface area contributed by atoms with Crippen LogP contribution in [0.3, 0.4) is 0 Å². The van der Waals surface area contributed by atoms with E-state index >= 15 is 4.39 Å². The van der Waals surface area contributed by atoms with E-state index in [2.05, 4.69) is 15.3 Å². The number of nitrogens with zero attached hydrogens (tertiary/aromatic N) is 4. The van der Waals surface area contributed by atoms with Crippen molar-refractivity contribution in [2.24, 2.45) is 5.92 Å². The summed E-state index contributed by atoms with van der Waals surface area (Å²) < 4.78 is 28.0. The van der Waals surface area contributed by atoms with E-state index in [1.807, 2.05) is 29.2 Å². The van der Waals surface area contributed by atoms with Crippen LogP contribution in [0, 0.1) is 11.7 Å². The molecule has 0 bridgehead atoms. The van der Waals surface area contributed by atoms with Crippen LogP contribution in [0.2, 0.25) is 0 Å². The number of ether oxygens (including phenoxy) is 2. The molecule has 2 aliphatic rings. The summed E-state index contributed by atoms with van der Waals surface area (Å²) in [5, 5.41) is 4.49. The highest BCUT2D eigenvalue weighted by Gasteiger charge is 2.20. The molecule has 192 valence electrons. The molecule has 3 aromatic heterocycles. The number of aromatic nitrogens is 3. The van der Waals surface area contributed by atoms with Crippen LogP contribution >= 0.6 is 11.3 Å². The second-order valence-electron chi connectivity index (χ2n) is 9.64. The van der Waals surface area contributed by atoms with Crippen LogP contribution in [-0.4, -0.2) is 47.8 Å². The number of benzene rings is 1. The molecule has 1 N–H and O–H groups in total. The van der Waals surface area contributed by atoms with E-state index in [0.29, 0.717) is 54.7 Å². The Hall–Kier alpha value is -3.30. The number of hydrogen-bond donors (Lipinski definition) is 1. The summed E-state index contributed by atoms with van der Waals surface area (Å²) in [7, 11) is 0. The van der Waals surface area contributed by atoms with E-state index in [-0.39, 0.29) is 5.82 Å². The molecule has 0 amide bonds. The van der Waals surface area contributed by atoms with Gasteiger partial charge in [-0.15, -0.1) is 0 Å². The zero-order chi connectivity index (χ0) is 25.0. The number of hydrogen-bond acceptors (Lipinski definition) is 8. The van der Waals surface area contributed by atoms with Gasteiger partial charge in [-0.2, -0.15) is 0 Å². The van der Waals surface area contributed by atoms with Gasteiger partial charge in [-0.3, -0.25) is 4.98 Å². The van der Waals surface area contributed by atoms with Crippen molar-refractivity contribution >= 4 is 32.5 Å². The van der Waals surface area contributed by atoms with Crippen LogP contribution in [0.5, 0.6) is 11.5 Å². The molecule has 0 unspecified atom stereocenters. The fourth-order valence-corrected chi connectivity index (χ4v) is 5.98. The molecule has 2 fully saturated rings. The second-order valence-corrected chi connectivity index (χ2v) is 10.7. The highest BCUT2D eigenvalue weighted by atomic mass is 32.1. The molecule has 0 radical (unpaired) electrons. The van der Waals surface area contributed by atoms with E-state index in [0.717, 1.165) is 27.8 Å². The molecular weight excluding hydrogens is 489 g/mol. The standard InChI is InChI=1S/C28H30FN5O2S/c29-26-23(8-9-31-27(26)34-10-12-35-13-11-34)20-14-22(18-30-17-20)36-21-6-7-24-25(15-21)37-28(33-24)32-16-19-4-2-1-3-5-19/h6-9,14-15,17-19H,1-5,10-13,16H2,(H,32,33). The van der Waals surface area contributed by atoms with E-state index in [9.17, 15) is 0 Å². The molecule has 0 atom stereocenters. The Kier molecular flexibility index (Phi) is 7.14. The Morgan fingerprint density at radius 2 is 1.92 bits per heavy atom. The molecule has 1 saturated heterocycles. The van der Waals surface area contributed by atoms with Crippen molar-refractivity contribution in [2.45, 2.75) is 32.1 Å². The number of thiazole rings is 1. The minimum atomic E-state index is -0.359. The summed E-state index contributed by atoms with van der Waals surface area (Å²) in [6.07, 6.45) is 11.6. The van der Waals surface area contributed by atoms with Gasteiger partial charge in [0.2, 0.25) is 0 Å². The molecule has 0 spiro atoms. The van der Waals surface area contributed by atoms with Gasteiger partial charge in [0.1, 0.15) is 11.5 Å². The van der Waals surface area contributed by atoms with Gasteiger partial charge in [0.05, 0.1) is 29.6 Å². The second kappa shape index (κ2) is 11.0. The van der Waals surface area contributed by atoms with Gasteiger partial charge in [-0.25, -0.2) is 14.4 Å². The highest BCUT2D eigenvalue weighted by Crippen LogP contribution is 2.34. The lowest BCUT2D eigenvalue weighted by Crippen LogP contribution is -2.37. The lowest BCUT2D eigenvalue weighted by Gasteiger charge is -2.28. The monoisotopic (exact) mass is 519 g/mol. The smallest absolute Gasteiger partial charge is 0.183 e. The van der Waals surface area contributed by atoms with Gasteiger partial charge in [-0.1, -0.05) is 30.6 Å². The average Bonchev–Trinajstić information content (AvgIpc) is 3.35. The van der Waals surface area contributed by atoms with Crippen molar-refractivity contribution in [2.75, 3.05) is 43.1 Å². The number of morpholine rings is 1.